The molecule has 1 aliphatic rings. The number of Topliss-reactive ketones (excluding diaryl/α,β-unsaturated/α-hetero) is 1. The summed E-state index contributed by atoms with van der Waals surface area (Å²) in [5.74, 6) is -0.557. The number of carbonyl (C=O) groups excluding carboxylic acids is 1. The second kappa shape index (κ2) is 7.16. The number of hydrogen-bond acceptors (Lipinski definition) is 3. The summed E-state index contributed by atoms with van der Waals surface area (Å²) in [6, 6.07) is 4.56. The molecule has 5 heteroatoms. The third-order valence-corrected chi connectivity index (χ3v) is 3.82. The van der Waals surface area contributed by atoms with Gasteiger partial charge in [-0.25, -0.2) is 4.39 Å². The van der Waals surface area contributed by atoms with Crippen LogP contribution in [-0.2, 0) is 16.0 Å². The van der Waals surface area contributed by atoms with Crippen LogP contribution in [0.4, 0.5) is 4.39 Å². The number of nitrogens with one attached hydrogen (secondary N) is 1. The molecule has 1 aromatic carbocycles. The van der Waals surface area contributed by atoms with E-state index in [-0.39, 0.29) is 29.2 Å². The Labute approximate surface area is 123 Å². The van der Waals surface area contributed by atoms with Crippen LogP contribution in [0.1, 0.15) is 18.9 Å². The van der Waals surface area contributed by atoms with Crippen molar-refractivity contribution in [2.45, 2.75) is 25.8 Å². The zero-order chi connectivity index (χ0) is 14.5. The lowest BCUT2D eigenvalue weighted by molar-refractivity contribution is -0.122. The highest BCUT2D eigenvalue weighted by molar-refractivity contribution is 6.30. The highest BCUT2D eigenvalue weighted by Gasteiger charge is 2.33. The van der Waals surface area contributed by atoms with E-state index in [1.165, 1.54) is 12.1 Å². The van der Waals surface area contributed by atoms with Crippen molar-refractivity contribution in [1.82, 2.24) is 5.32 Å². The fraction of sp³-hybridized carbons (Fsp3) is 0.533. The van der Waals surface area contributed by atoms with E-state index in [0.717, 1.165) is 13.0 Å². The second-order valence-electron chi connectivity index (χ2n) is 5.10. The van der Waals surface area contributed by atoms with E-state index in [9.17, 15) is 9.18 Å². The highest BCUT2D eigenvalue weighted by Crippen LogP contribution is 2.20. The van der Waals surface area contributed by atoms with Crippen molar-refractivity contribution in [2.75, 3.05) is 19.8 Å². The zero-order valence-electron chi connectivity index (χ0n) is 11.5. The Morgan fingerprint density at radius 3 is 3.00 bits per heavy atom. The lowest BCUT2D eigenvalue weighted by Crippen LogP contribution is -2.40. The van der Waals surface area contributed by atoms with Gasteiger partial charge in [-0.05, 0) is 30.7 Å². The molecule has 2 unspecified atom stereocenters. The maximum Gasteiger partial charge on any atom is 0.144 e. The van der Waals surface area contributed by atoms with Crippen molar-refractivity contribution in [1.29, 1.82) is 0 Å². The molecule has 1 saturated heterocycles. The molecule has 0 bridgehead atoms. The molecule has 2 atom stereocenters. The summed E-state index contributed by atoms with van der Waals surface area (Å²) in [5.41, 5.74) is 0.651. The molecule has 0 aromatic heterocycles. The Hall–Kier alpha value is -0.970. The van der Waals surface area contributed by atoms with Gasteiger partial charge in [0.25, 0.3) is 0 Å². The van der Waals surface area contributed by atoms with Gasteiger partial charge in [0.2, 0.25) is 0 Å². The van der Waals surface area contributed by atoms with Crippen molar-refractivity contribution < 1.29 is 13.9 Å². The lowest BCUT2D eigenvalue weighted by Gasteiger charge is -2.17. The minimum Gasteiger partial charge on any atom is -0.379 e. The van der Waals surface area contributed by atoms with E-state index < -0.39 is 5.82 Å². The molecule has 1 aromatic rings. The summed E-state index contributed by atoms with van der Waals surface area (Å²) < 4.78 is 18.8. The van der Waals surface area contributed by atoms with Crippen LogP contribution in [0.2, 0.25) is 5.02 Å². The molecule has 1 heterocycles. The first kappa shape index (κ1) is 15.4. The van der Waals surface area contributed by atoms with E-state index in [1.807, 2.05) is 0 Å². The summed E-state index contributed by atoms with van der Waals surface area (Å²) in [4.78, 5) is 12.3. The fourth-order valence-electron chi connectivity index (χ4n) is 2.38. The van der Waals surface area contributed by atoms with Gasteiger partial charge in [0.1, 0.15) is 11.6 Å². The van der Waals surface area contributed by atoms with E-state index in [4.69, 9.17) is 16.3 Å². The molecule has 1 fully saturated rings. The second-order valence-corrected chi connectivity index (χ2v) is 5.50. The maximum atomic E-state index is 13.4. The van der Waals surface area contributed by atoms with E-state index in [2.05, 4.69) is 12.2 Å². The van der Waals surface area contributed by atoms with Gasteiger partial charge in [0.05, 0.1) is 24.2 Å². The van der Waals surface area contributed by atoms with Gasteiger partial charge < -0.3 is 10.1 Å². The van der Waals surface area contributed by atoms with Crippen molar-refractivity contribution in [3.63, 3.8) is 0 Å². The zero-order valence-corrected chi connectivity index (χ0v) is 12.3. The third-order valence-electron chi connectivity index (χ3n) is 3.51. The smallest absolute Gasteiger partial charge is 0.144 e. The Morgan fingerprint density at radius 1 is 1.50 bits per heavy atom. The molecular formula is C15H19ClFNO2. The van der Waals surface area contributed by atoms with Gasteiger partial charge in [-0.3, -0.25) is 4.79 Å². The molecule has 2 rings (SSSR count). The predicted molar refractivity (Wildman–Crippen MR) is 76.5 cm³/mol. The van der Waals surface area contributed by atoms with Crippen molar-refractivity contribution in [3.8, 4) is 0 Å². The summed E-state index contributed by atoms with van der Waals surface area (Å²) in [5, 5.41) is 3.40. The molecule has 3 nitrogen and oxygen atoms in total. The minimum atomic E-state index is -0.486. The normalized spacial score (nSPS) is 22.1. The average molecular weight is 300 g/mol. The Kier molecular flexibility index (Phi) is 5.52. The van der Waals surface area contributed by atoms with Crippen LogP contribution >= 0.6 is 11.6 Å². The van der Waals surface area contributed by atoms with Crippen molar-refractivity contribution >= 4 is 17.4 Å². The standard InChI is InChI=1S/C15H19ClFNO2/c1-2-5-18-14-9-20-8-11(14)15(19)7-10-3-4-12(16)13(17)6-10/h3-4,6,11,14,18H,2,5,7-9H2,1H3. The van der Waals surface area contributed by atoms with Gasteiger partial charge in [-0.1, -0.05) is 24.6 Å². The molecule has 1 aliphatic heterocycles. The van der Waals surface area contributed by atoms with Gasteiger partial charge in [0.15, 0.2) is 0 Å². The topological polar surface area (TPSA) is 38.3 Å². The summed E-state index contributed by atoms with van der Waals surface area (Å²) in [7, 11) is 0. The van der Waals surface area contributed by atoms with Crippen LogP contribution in [0.5, 0.6) is 0 Å². The largest absolute Gasteiger partial charge is 0.379 e. The number of halogens is 2. The molecule has 0 aliphatic carbocycles. The van der Waals surface area contributed by atoms with E-state index in [0.29, 0.717) is 18.8 Å². The lowest BCUT2D eigenvalue weighted by atomic mass is 9.93. The van der Waals surface area contributed by atoms with Crippen molar-refractivity contribution in [3.05, 3.63) is 34.6 Å². The molecule has 0 saturated carbocycles. The Bertz CT molecular complexity index is 481. The monoisotopic (exact) mass is 299 g/mol. The van der Waals surface area contributed by atoms with E-state index in [1.54, 1.807) is 6.07 Å². The maximum absolute atomic E-state index is 13.4. The number of benzene rings is 1. The third kappa shape index (κ3) is 3.78. The number of ketones is 1. The molecule has 0 spiro atoms. The first-order valence-electron chi connectivity index (χ1n) is 6.89. The van der Waals surface area contributed by atoms with Crippen LogP contribution in [0.15, 0.2) is 18.2 Å². The fourth-order valence-corrected chi connectivity index (χ4v) is 2.50. The molecule has 20 heavy (non-hydrogen) atoms. The van der Waals surface area contributed by atoms with E-state index >= 15 is 0 Å². The number of hydrogen-bond donors (Lipinski definition) is 1. The minimum absolute atomic E-state index is 0.0691. The number of carbonyl (C=O) groups is 1. The highest BCUT2D eigenvalue weighted by atomic mass is 35.5. The Morgan fingerprint density at radius 2 is 2.30 bits per heavy atom. The first-order valence-corrected chi connectivity index (χ1v) is 7.27. The quantitative estimate of drug-likeness (QED) is 0.877. The summed E-state index contributed by atoms with van der Waals surface area (Å²) in [6.07, 6.45) is 1.23. The predicted octanol–water partition coefficient (Wildman–Crippen LogP) is 2.61. The van der Waals surface area contributed by atoms with Crippen LogP contribution in [0.25, 0.3) is 0 Å². The molecule has 0 amide bonds. The molecule has 110 valence electrons. The van der Waals surface area contributed by atoms with Crippen LogP contribution in [-0.4, -0.2) is 31.6 Å². The Balaban J connectivity index is 1.98. The SMILES string of the molecule is CCCNC1COCC1C(=O)Cc1ccc(Cl)c(F)c1. The van der Waals surface area contributed by atoms with Gasteiger partial charge >= 0.3 is 0 Å². The van der Waals surface area contributed by atoms with Gasteiger partial charge in [-0.15, -0.1) is 0 Å². The summed E-state index contributed by atoms with van der Waals surface area (Å²) >= 11 is 5.63. The van der Waals surface area contributed by atoms with Gasteiger partial charge in [-0.2, -0.15) is 0 Å². The molecular weight excluding hydrogens is 281 g/mol. The van der Waals surface area contributed by atoms with Crippen LogP contribution < -0.4 is 5.32 Å². The van der Waals surface area contributed by atoms with Crippen LogP contribution in [0.3, 0.4) is 0 Å². The van der Waals surface area contributed by atoms with Gasteiger partial charge in [0, 0.05) is 12.5 Å². The first-order chi connectivity index (χ1) is 9.61. The average Bonchev–Trinajstić information content (AvgIpc) is 2.89. The molecule has 1 N–H and O–H groups in total. The number of rotatable bonds is 6. The molecule has 0 radical (unpaired) electrons. The van der Waals surface area contributed by atoms with Crippen molar-refractivity contribution in [2.24, 2.45) is 5.92 Å². The van der Waals surface area contributed by atoms with Crippen LogP contribution in [0, 0.1) is 11.7 Å². The summed E-state index contributed by atoms with van der Waals surface area (Å²) in [6.45, 7) is 3.95. The number of ether oxygens (including phenoxy) is 1.